The van der Waals surface area contributed by atoms with Crippen molar-refractivity contribution in [2.45, 2.75) is 104 Å². The number of hydrogen-bond donors (Lipinski definition) is 0. The molecule has 0 amide bonds. The molecule has 10 aromatic carbocycles. The van der Waals surface area contributed by atoms with Crippen molar-refractivity contribution in [2.75, 3.05) is 14.6 Å². The third-order valence-electron chi connectivity index (χ3n) is 18.6. The zero-order valence-electron chi connectivity index (χ0n) is 48.8. The van der Waals surface area contributed by atoms with Crippen LogP contribution in [0.2, 0.25) is 0 Å². The van der Waals surface area contributed by atoms with E-state index in [1.807, 2.05) is 0 Å². The van der Waals surface area contributed by atoms with Crippen LogP contribution in [0.15, 0.2) is 215 Å². The normalized spacial score (nSPS) is 15.2. The molecule has 2 aliphatic heterocycles. The van der Waals surface area contributed by atoms with Crippen LogP contribution >= 0.6 is 0 Å². The molecule has 2 aromatic heterocycles. The Hall–Kier alpha value is -8.74. The van der Waals surface area contributed by atoms with Crippen LogP contribution in [0.25, 0.3) is 66.1 Å². The number of fused-ring (bicyclic) bond motifs is 13. The molecule has 402 valence electrons. The third-order valence-corrected chi connectivity index (χ3v) is 18.6. The van der Waals surface area contributed by atoms with Crippen LogP contribution in [-0.4, -0.2) is 6.85 Å². The molecule has 0 saturated carbocycles. The van der Waals surface area contributed by atoms with E-state index in [1.54, 1.807) is 0 Å². The monoisotopic (exact) mass is 1070 g/mol. The van der Waals surface area contributed by atoms with E-state index in [2.05, 4.69) is 290 Å². The van der Waals surface area contributed by atoms with Gasteiger partial charge >= 0.3 is 6.85 Å². The Bertz CT molecular complexity index is 4500. The van der Waals surface area contributed by atoms with Gasteiger partial charge < -0.3 is 23.4 Å². The van der Waals surface area contributed by atoms with Crippen LogP contribution in [0.3, 0.4) is 0 Å². The lowest BCUT2D eigenvalue weighted by Gasteiger charge is -2.46. The Balaban J connectivity index is 1.12. The lowest BCUT2D eigenvalue weighted by atomic mass is 9.43. The Labute approximate surface area is 482 Å². The SMILES string of the molecule is CC(C)(C)c1ccc(N2B3c4cc(N(c5ccccc5)c5ccccc5)ccc4N(c4ccc(C(C)(C)C)cc4-c4ccccc4)c4c3c(cc3c4oc4ccccc43)-c3c2ccc2c3oc3cc4c(cc32)C(C)(C)CCC4(C)C)cc1. The van der Waals surface area contributed by atoms with Crippen molar-refractivity contribution in [3.05, 3.63) is 229 Å². The van der Waals surface area contributed by atoms with Gasteiger partial charge in [-0.2, -0.15) is 0 Å². The van der Waals surface area contributed by atoms with Gasteiger partial charge in [-0.1, -0.05) is 172 Å². The average molecular weight is 1070 g/mol. The van der Waals surface area contributed by atoms with Gasteiger partial charge in [0.2, 0.25) is 0 Å². The first kappa shape index (κ1) is 50.2. The highest BCUT2D eigenvalue weighted by Gasteiger charge is 2.49. The number of rotatable bonds is 6. The second-order valence-corrected chi connectivity index (χ2v) is 26.8. The lowest BCUT2D eigenvalue weighted by molar-refractivity contribution is 0.332. The molecule has 4 heterocycles. The van der Waals surface area contributed by atoms with Crippen molar-refractivity contribution in [1.29, 1.82) is 0 Å². The second kappa shape index (κ2) is 17.9. The summed E-state index contributed by atoms with van der Waals surface area (Å²) in [6.07, 6.45) is 2.26. The van der Waals surface area contributed by atoms with Crippen molar-refractivity contribution < 1.29 is 8.83 Å². The van der Waals surface area contributed by atoms with E-state index in [0.717, 1.165) is 119 Å². The molecule has 0 fully saturated rings. The lowest BCUT2D eigenvalue weighted by Crippen LogP contribution is -2.61. The first-order valence-electron chi connectivity index (χ1n) is 29.4. The highest BCUT2D eigenvalue weighted by atomic mass is 16.3. The second-order valence-electron chi connectivity index (χ2n) is 26.8. The number of benzene rings is 10. The molecule has 5 nitrogen and oxygen atoms in total. The summed E-state index contributed by atoms with van der Waals surface area (Å²) in [7, 11) is 0. The maximum absolute atomic E-state index is 7.57. The minimum absolute atomic E-state index is 0.0170. The van der Waals surface area contributed by atoms with E-state index in [0.29, 0.717) is 0 Å². The van der Waals surface area contributed by atoms with Crippen LogP contribution in [-0.2, 0) is 21.7 Å². The molecule has 3 aliphatic rings. The van der Waals surface area contributed by atoms with Crippen LogP contribution in [0, 0.1) is 0 Å². The maximum atomic E-state index is 7.57. The predicted molar refractivity (Wildman–Crippen MR) is 348 cm³/mol. The molecule has 0 bridgehead atoms. The van der Waals surface area contributed by atoms with Gasteiger partial charge in [0, 0.05) is 66.8 Å². The Morgan fingerprint density at radius 3 is 1.71 bits per heavy atom. The van der Waals surface area contributed by atoms with Crippen molar-refractivity contribution in [2.24, 2.45) is 0 Å². The van der Waals surface area contributed by atoms with Crippen molar-refractivity contribution in [3.63, 3.8) is 0 Å². The van der Waals surface area contributed by atoms with Crippen LogP contribution < -0.4 is 25.5 Å². The molecule has 0 atom stereocenters. The summed E-state index contributed by atoms with van der Waals surface area (Å²) in [5.41, 5.74) is 24.3. The fraction of sp³-hybridized carbons (Fsp3) is 0.211. The van der Waals surface area contributed by atoms with Gasteiger partial charge in [-0.3, -0.25) is 0 Å². The van der Waals surface area contributed by atoms with Gasteiger partial charge in [0.25, 0.3) is 0 Å². The minimum Gasteiger partial charge on any atom is -0.455 e. The number of hydrogen-bond acceptors (Lipinski definition) is 5. The summed E-state index contributed by atoms with van der Waals surface area (Å²) < 4.78 is 15.0. The molecule has 82 heavy (non-hydrogen) atoms. The van der Waals surface area contributed by atoms with E-state index in [1.165, 1.54) is 38.6 Å². The standard InChI is InChI=1S/C76H68BN3O2/c1-73(2,3)48-30-33-52(34-31-48)80-65-39-36-55-57-45-60-61(76(9,10)41-40-75(60,7)8)46-67(57)82-71(55)68(65)59-44-58-54-28-20-21-29-66(54)81-72(58)70-69(59)77(80)62-43-53(78(50-24-16-12-17-25-50)51-26-18-13-19-27-51)35-38-64(62)79(70)63-37-32-49(74(4,5)6)42-56(63)47-22-14-11-15-23-47/h11-39,42-46H,40-41H2,1-10H3. The van der Waals surface area contributed by atoms with E-state index in [9.17, 15) is 0 Å². The summed E-state index contributed by atoms with van der Waals surface area (Å²) in [4.78, 5) is 7.59. The molecular formula is C76H68BN3O2. The van der Waals surface area contributed by atoms with Gasteiger partial charge in [0.05, 0.1) is 11.4 Å². The molecule has 15 rings (SSSR count). The van der Waals surface area contributed by atoms with E-state index < -0.39 is 0 Å². The van der Waals surface area contributed by atoms with Gasteiger partial charge in [0.1, 0.15) is 16.7 Å². The zero-order valence-corrected chi connectivity index (χ0v) is 48.8. The molecule has 0 saturated heterocycles. The fourth-order valence-electron chi connectivity index (χ4n) is 14.0. The number of para-hydroxylation sites is 3. The Morgan fingerprint density at radius 2 is 1.04 bits per heavy atom. The molecule has 1 aliphatic carbocycles. The van der Waals surface area contributed by atoms with E-state index in [-0.39, 0.29) is 28.5 Å². The van der Waals surface area contributed by atoms with Crippen molar-refractivity contribution in [1.82, 2.24) is 0 Å². The number of nitrogens with zero attached hydrogens (tertiary/aromatic N) is 3. The smallest absolute Gasteiger partial charge is 0.333 e. The first-order valence-corrected chi connectivity index (χ1v) is 29.4. The number of anilines is 8. The summed E-state index contributed by atoms with van der Waals surface area (Å²) in [5, 5.41) is 4.45. The van der Waals surface area contributed by atoms with Crippen LogP contribution in [0.5, 0.6) is 0 Å². The van der Waals surface area contributed by atoms with Crippen LogP contribution in [0.4, 0.5) is 45.5 Å². The highest BCUT2D eigenvalue weighted by Crippen LogP contribution is 2.56. The fourth-order valence-corrected chi connectivity index (χ4v) is 14.0. The first-order chi connectivity index (χ1) is 39.4. The van der Waals surface area contributed by atoms with Crippen molar-refractivity contribution >= 4 is 107 Å². The molecule has 0 unspecified atom stereocenters. The third kappa shape index (κ3) is 7.66. The summed E-state index contributed by atoms with van der Waals surface area (Å²) in [6.45, 7) is 23.2. The summed E-state index contributed by atoms with van der Waals surface area (Å²) >= 11 is 0. The molecule has 12 aromatic rings. The van der Waals surface area contributed by atoms with E-state index in [4.69, 9.17) is 8.83 Å². The molecule has 6 heteroatoms. The van der Waals surface area contributed by atoms with Gasteiger partial charge in [-0.15, -0.1) is 0 Å². The van der Waals surface area contributed by atoms with Crippen molar-refractivity contribution in [3.8, 4) is 22.3 Å². The summed E-state index contributed by atoms with van der Waals surface area (Å²) in [6, 6.07) is 76.9. The minimum atomic E-state index is -0.333. The summed E-state index contributed by atoms with van der Waals surface area (Å²) in [5.74, 6) is 0. The average Bonchev–Trinajstić information content (AvgIpc) is 2.76. The van der Waals surface area contributed by atoms with Crippen LogP contribution in [0.1, 0.15) is 104 Å². The molecule has 0 N–H and O–H groups in total. The topological polar surface area (TPSA) is 36.0 Å². The quantitative estimate of drug-likeness (QED) is 0.155. The molecule has 0 radical (unpaired) electrons. The Morgan fingerprint density at radius 1 is 0.451 bits per heavy atom. The Kier molecular flexibility index (Phi) is 11.0. The predicted octanol–water partition coefficient (Wildman–Crippen LogP) is 20.3. The number of furan rings is 2. The highest BCUT2D eigenvalue weighted by molar-refractivity contribution is 6.94. The van der Waals surface area contributed by atoms with Gasteiger partial charge in [-0.25, -0.2) is 0 Å². The largest absolute Gasteiger partial charge is 0.455 e. The molecular weight excluding hydrogens is 998 g/mol. The maximum Gasteiger partial charge on any atom is 0.333 e. The zero-order chi connectivity index (χ0) is 56.2. The van der Waals surface area contributed by atoms with Gasteiger partial charge in [-0.05, 0) is 182 Å². The van der Waals surface area contributed by atoms with E-state index >= 15 is 0 Å². The van der Waals surface area contributed by atoms with Gasteiger partial charge in [0.15, 0.2) is 5.58 Å². The molecule has 0 spiro atoms.